The number of halogens is 1. The first-order valence-corrected chi connectivity index (χ1v) is 5.37. The van der Waals surface area contributed by atoms with Crippen molar-refractivity contribution in [2.24, 2.45) is 0 Å². The highest BCUT2D eigenvalue weighted by atomic mass is 35.5. The Labute approximate surface area is 80.2 Å². The van der Waals surface area contributed by atoms with Gasteiger partial charge in [0.1, 0.15) is 4.71 Å². The molecule has 0 radical (unpaired) electrons. The van der Waals surface area contributed by atoms with Crippen LogP contribution in [0.1, 0.15) is 12.5 Å². The second-order valence-corrected chi connectivity index (χ2v) is 5.34. The molecule has 0 aliphatic rings. The molecule has 0 fully saturated rings. The molecule has 3 heteroatoms. The molecule has 0 N–H and O–H groups in total. The van der Waals surface area contributed by atoms with Crippen molar-refractivity contribution in [3.05, 3.63) is 29.8 Å². The van der Waals surface area contributed by atoms with E-state index in [1.807, 2.05) is 31.2 Å². The second kappa shape index (κ2) is 4.06. The molecule has 0 aliphatic carbocycles. The van der Waals surface area contributed by atoms with Crippen molar-refractivity contribution in [1.29, 1.82) is 0 Å². The fraction of sp³-hybridized carbons (Fsp3) is 0.333. The van der Waals surface area contributed by atoms with Gasteiger partial charge in [-0.05, 0) is 26.0 Å². The summed E-state index contributed by atoms with van der Waals surface area (Å²) >= 11 is 5.70. The van der Waals surface area contributed by atoms with Gasteiger partial charge in [0.15, 0.2) is 0 Å². The van der Waals surface area contributed by atoms with Crippen LogP contribution >= 0.6 is 11.6 Å². The predicted octanol–water partition coefficient (Wildman–Crippen LogP) is 2.69. The van der Waals surface area contributed by atoms with E-state index in [1.54, 1.807) is 6.92 Å². The van der Waals surface area contributed by atoms with Crippen LogP contribution in [0, 0.1) is 6.92 Å². The first-order chi connectivity index (χ1) is 5.61. The molecule has 0 aliphatic heterocycles. The maximum absolute atomic E-state index is 11.4. The van der Waals surface area contributed by atoms with E-state index in [2.05, 4.69) is 0 Å². The zero-order valence-corrected chi connectivity index (χ0v) is 8.65. The standard InChI is InChI=1S/C9H11ClOS/c1-7-3-5-9(6-4-7)12(11)8(2)10/h3-6,8H,1-2H3. The number of aryl methyl sites for hydroxylation is 1. The Morgan fingerprint density at radius 1 is 1.33 bits per heavy atom. The minimum Gasteiger partial charge on any atom is -0.253 e. The SMILES string of the molecule is Cc1ccc(S(=O)C(C)Cl)cc1. The summed E-state index contributed by atoms with van der Waals surface area (Å²) in [7, 11) is -1.08. The Morgan fingerprint density at radius 3 is 2.25 bits per heavy atom. The van der Waals surface area contributed by atoms with Crippen molar-refractivity contribution in [3.8, 4) is 0 Å². The topological polar surface area (TPSA) is 17.1 Å². The van der Waals surface area contributed by atoms with Crippen LogP contribution in [0.5, 0.6) is 0 Å². The zero-order chi connectivity index (χ0) is 9.14. The van der Waals surface area contributed by atoms with Gasteiger partial charge < -0.3 is 0 Å². The molecular weight excluding hydrogens is 192 g/mol. The maximum atomic E-state index is 11.4. The molecule has 1 aromatic carbocycles. The normalized spacial score (nSPS) is 15.6. The Kier molecular flexibility index (Phi) is 3.29. The zero-order valence-electron chi connectivity index (χ0n) is 7.08. The lowest BCUT2D eigenvalue weighted by Crippen LogP contribution is -2.02. The van der Waals surface area contributed by atoms with Crippen LogP contribution in [0.4, 0.5) is 0 Å². The molecule has 1 rings (SSSR count). The average molecular weight is 203 g/mol. The van der Waals surface area contributed by atoms with Crippen molar-refractivity contribution in [2.75, 3.05) is 0 Å². The van der Waals surface area contributed by atoms with E-state index < -0.39 is 10.8 Å². The molecule has 0 saturated carbocycles. The Balaban J connectivity index is 2.90. The molecule has 0 bridgehead atoms. The second-order valence-electron chi connectivity index (χ2n) is 2.65. The van der Waals surface area contributed by atoms with Crippen molar-refractivity contribution in [1.82, 2.24) is 0 Å². The van der Waals surface area contributed by atoms with Crippen LogP contribution < -0.4 is 0 Å². The summed E-state index contributed by atoms with van der Waals surface area (Å²) in [4.78, 5) is 0.795. The van der Waals surface area contributed by atoms with Crippen LogP contribution in [0.2, 0.25) is 0 Å². The molecule has 66 valence electrons. The Morgan fingerprint density at radius 2 is 1.83 bits per heavy atom. The molecule has 1 nitrogen and oxygen atoms in total. The van der Waals surface area contributed by atoms with Crippen molar-refractivity contribution < 1.29 is 4.21 Å². The van der Waals surface area contributed by atoms with Gasteiger partial charge in [0.05, 0.1) is 10.8 Å². The molecule has 0 heterocycles. The first-order valence-electron chi connectivity index (χ1n) is 3.72. The minimum absolute atomic E-state index is 0.326. The number of rotatable bonds is 2. The van der Waals surface area contributed by atoms with E-state index in [-0.39, 0.29) is 4.71 Å². The number of hydrogen-bond acceptors (Lipinski definition) is 1. The molecule has 0 spiro atoms. The summed E-state index contributed by atoms with van der Waals surface area (Å²) in [5.41, 5.74) is 1.16. The fourth-order valence-corrected chi connectivity index (χ4v) is 1.95. The monoisotopic (exact) mass is 202 g/mol. The fourth-order valence-electron chi connectivity index (χ4n) is 0.860. The van der Waals surface area contributed by atoms with Crippen molar-refractivity contribution >= 4 is 22.4 Å². The lowest BCUT2D eigenvalue weighted by Gasteiger charge is -2.03. The van der Waals surface area contributed by atoms with Gasteiger partial charge in [0, 0.05) is 4.90 Å². The van der Waals surface area contributed by atoms with Gasteiger partial charge in [-0.2, -0.15) is 0 Å². The van der Waals surface area contributed by atoms with E-state index in [4.69, 9.17) is 11.6 Å². The van der Waals surface area contributed by atoms with E-state index in [0.717, 1.165) is 10.5 Å². The number of hydrogen-bond donors (Lipinski definition) is 0. The third-order valence-corrected chi connectivity index (χ3v) is 3.36. The molecule has 2 unspecified atom stereocenters. The molecular formula is C9H11ClOS. The van der Waals surface area contributed by atoms with Gasteiger partial charge in [-0.15, -0.1) is 11.6 Å². The first kappa shape index (κ1) is 9.75. The largest absolute Gasteiger partial charge is 0.253 e. The van der Waals surface area contributed by atoms with Crippen LogP contribution in [-0.2, 0) is 10.8 Å². The van der Waals surface area contributed by atoms with E-state index in [9.17, 15) is 4.21 Å². The molecule has 2 atom stereocenters. The molecule has 12 heavy (non-hydrogen) atoms. The summed E-state index contributed by atoms with van der Waals surface area (Å²) in [5, 5.41) is 0. The van der Waals surface area contributed by atoms with Crippen LogP contribution in [0.15, 0.2) is 29.2 Å². The summed E-state index contributed by atoms with van der Waals surface area (Å²) < 4.78 is 11.1. The van der Waals surface area contributed by atoms with Gasteiger partial charge >= 0.3 is 0 Å². The maximum Gasteiger partial charge on any atom is 0.110 e. The van der Waals surface area contributed by atoms with Gasteiger partial charge in [0.25, 0.3) is 0 Å². The predicted molar refractivity (Wildman–Crippen MR) is 52.9 cm³/mol. The Bertz CT molecular complexity index is 279. The summed E-state index contributed by atoms with van der Waals surface area (Å²) in [5.74, 6) is 0. The highest BCUT2D eigenvalue weighted by Crippen LogP contribution is 2.14. The van der Waals surface area contributed by atoms with Gasteiger partial charge in [0.2, 0.25) is 0 Å². The van der Waals surface area contributed by atoms with Crippen LogP contribution in [0.3, 0.4) is 0 Å². The Hall–Kier alpha value is -0.340. The molecule has 0 amide bonds. The smallest absolute Gasteiger partial charge is 0.110 e. The highest BCUT2D eigenvalue weighted by Gasteiger charge is 2.08. The summed E-state index contributed by atoms with van der Waals surface area (Å²) in [6, 6.07) is 7.58. The van der Waals surface area contributed by atoms with Crippen molar-refractivity contribution in [2.45, 2.75) is 23.5 Å². The summed E-state index contributed by atoms with van der Waals surface area (Å²) in [6.07, 6.45) is 0. The van der Waals surface area contributed by atoms with E-state index >= 15 is 0 Å². The quantitative estimate of drug-likeness (QED) is 0.674. The van der Waals surface area contributed by atoms with Gasteiger partial charge in [-0.1, -0.05) is 17.7 Å². The van der Waals surface area contributed by atoms with Gasteiger partial charge in [-0.3, -0.25) is 4.21 Å². The average Bonchev–Trinajstić information content (AvgIpc) is 2.04. The van der Waals surface area contributed by atoms with Crippen LogP contribution in [0.25, 0.3) is 0 Å². The third-order valence-electron chi connectivity index (χ3n) is 1.55. The van der Waals surface area contributed by atoms with E-state index in [1.165, 1.54) is 0 Å². The minimum atomic E-state index is -1.08. The summed E-state index contributed by atoms with van der Waals surface area (Å²) in [6.45, 7) is 3.73. The van der Waals surface area contributed by atoms with Crippen molar-refractivity contribution in [3.63, 3.8) is 0 Å². The molecule has 0 saturated heterocycles. The molecule has 1 aromatic rings. The lowest BCUT2D eigenvalue weighted by molar-refractivity contribution is 0.682. The lowest BCUT2D eigenvalue weighted by atomic mass is 10.2. The van der Waals surface area contributed by atoms with E-state index in [0.29, 0.717) is 0 Å². The number of alkyl halides is 1. The highest BCUT2D eigenvalue weighted by molar-refractivity contribution is 7.87. The van der Waals surface area contributed by atoms with Crippen LogP contribution in [-0.4, -0.2) is 8.92 Å². The molecule has 0 aromatic heterocycles. The third kappa shape index (κ3) is 2.32. The van der Waals surface area contributed by atoms with Gasteiger partial charge in [-0.25, -0.2) is 0 Å². The number of benzene rings is 1.